The minimum absolute atomic E-state index is 0.0102. The van der Waals surface area contributed by atoms with Crippen molar-refractivity contribution in [2.45, 2.75) is 88.9 Å². The molecule has 5 unspecified atom stereocenters. The van der Waals surface area contributed by atoms with Crippen LogP contribution >= 0.6 is 0 Å². The van der Waals surface area contributed by atoms with Crippen molar-refractivity contribution in [1.29, 1.82) is 0 Å². The van der Waals surface area contributed by atoms with Gasteiger partial charge in [0.05, 0.1) is 6.10 Å². The van der Waals surface area contributed by atoms with E-state index in [2.05, 4.69) is 19.9 Å². The van der Waals surface area contributed by atoms with Crippen molar-refractivity contribution in [2.75, 3.05) is 0 Å². The number of fused-ring (bicyclic) bond motifs is 4. The van der Waals surface area contributed by atoms with Crippen LogP contribution in [0.25, 0.3) is 0 Å². The second-order valence-corrected chi connectivity index (χ2v) is 10.3. The molecular formula is C22H28O4. The lowest BCUT2D eigenvalue weighted by Gasteiger charge is -2.56. The second-order valence-electron chi connectivity index (χ2n) is 10.3. The summed E-state index contributed by atoms with van der Waals surface area (Å²) in [6.45, 7) is 4.74. The average molecular weight is 356 g/mol. The van der Waals surface area contributed by atoms with Gasteiger partial charge in [0, 0.05) is 30.1 Å². The van der Waals surface area contributed by atoms with Crippen LogP contribution in [0.4, 0.5) is 0 Å². The molecule has 2 heterocycles. The van der Waals surface area contributed by atoms with Crippen molar-refractivity contribution < 1.29 is 19.1 Å². The molecule has 140 valence electrons. The molecule has 6 rings (SSSR count). The summed E-state index contributed by atoms with van der Waals surface area (Å²) in [5.74, 6) is 1.44. The van der Waals surface area contributed by atoms with Crippen LogP contribution < -0.4 is 0 Å². The number of epoxide rings is 1. The third kappa shape index (κ3) is 1.51. The first-order valence-corrected chi connectivity index (χ1v) is 10.5. The Morgan fingerprint density at radius 2 is 1.92 bits per heavy atom. The van der Waals surface area contributed by atoms with Gasteiger partial charge in [0.2, 0.25) is 0 Å². The molecule has 26 heavy (non-hydrogen) atoms. The van der Waals surface area contributed by atoms with E-state index in [1.807, 2.05) is 0 Å². The highest BCUT2D eigenvalue weighted by Gasteiger charge is 2.81. The van der Waals surface area contributed by atoms with E-state index in [0.29, 0.717) is 36.9 Å². The maximum atomic E-state index is 12.0. The van der Waals surface area contributed by atoms with E-state index in [4.69, 9.17) is 9.47 Å². The molecule has 7 atom stereocenters. The Balaban J connectivity index is 1.43. The number of ketones is 1. The van der Waals surface area contributed by atoms with Crippen molar-refractivity contribution in [3.63, 3.8) is 0 Å². The van der Waals surface area contributed by atoms with Gasteiger partial charge in [-0.1, -0.05) is 25.5 Å². The van der Waals surface area contributed by atoms with Gasteiger partial charge in [-0.15, -0.1) is 0 Å². The summed E-state index contributed by atoms with van der Waals surface area (Å²) in [6, 6.07) is 0. The Morgan fingerprint density at radius 3 is 2.69 bits per heavy atom. The Hall–Kier alpha value is -1.16. The lowest BCUT2D eigenvalue weighted by molar-refractivity contribution is -0.163. The minimum Gasteiger partial charge on any atom is -0.458 e. The average Bonchev–Trinajstić information content (AvgIpc) is 3.08. The van der Waals surface area contributed by atoms with Crippen molar-refractivity contribution in [2.24, 2.45) is 22.7 Å². The molecule has 4 nitrogen and oxygen atoms in total. The molecule has 4 heteroatoms. The predicted octanol–water partition coefficient (Wildman–Crippen LogP) is 3.73. The van der Waals surface area contributed by atoms with Gasteiger partial charge >= 0.3 is 5.97 Å². The van der Waals surface area contributed by atoms with Gasteiger partial charge in [0.1, 0.15) is 17.0 Å². The maximum absolute atomic E-state index is 12.0. The normalized spacial score (nSPS) is 57.0. The number of ether oxygens (including phenoxy) is 2. The number of allylic oxidation sites excluding steroid dienone is 1. The van der Waals surface area contributed by atoms with E-state index in [9.17, 15) is 9.59 Å². The molecule has 0 bridgehead atoms. The summed E-state index contributed by atoms with van der Waals surface area (Å²) < 4.78 is 12.6. The van der Waals surface area contributed by atoms with Gasteiger partial charge in [0.15, 0.2) is 0 Å². The number of hydrogen-bond donors (Lipinski definition) is 0. The highest BCUT2D eigenvalue weighted by Crippen LogP contribution is 2.76. The Kier molecular flexibility index (Phi) is 2.72. The molecule has 2 aliphatic heterocycles. The summed E-state index contributed by atoms with van der Waals surface area (Å²) in [6.07, 6.45) is 10.6. The highest BCUT2D eigenvalue weighted by atomic mass is 16.6. The van der Waals surface area contributed by atoms with E-state index in [0.717, 1.165) is 38.5 Å². The van der Waals surface area contributed by atoms with Crippen LogP contribution in [-0.2, 0) is 19.1 Å². The van der Waals surface area contributed by atoms with Crippen molar-refractivity contribution >= 4 is 11.8 Å². The molecule has 0 aromatic carbocycles. The van der Waals surface area contributed by atoms with Crippen LogP contribution in [0.1, 0.15) is 71.6 Å². The van der Waals surface area contributed by atoms with E-state index in [1.54, 1.807) is 0 Å². The molecule has 5 fully saturated rings. The molecule has 0 amide bonds. The lowest BCUT2D eigenvalue weighted by atomic mass is 9.46. The number of rotatable bonds is 0. The number of Topliss-reactive ketones (excluding diaryl/α,β-unsaturated/α-hetero) is 1. The number of carbonyl (C=O) groups is 2. The molecule has 2 spiro atoms. The fourth-order valence-corrected chi connectivity index (χ4v) is 8.21. The maximum Gasteiger partial charge on any atom is 0.306 e. The standard InChI is InChI=1S/C22H28O4/c1-19-8-5-14(23)11-13(19)3-4-16-15-6-9-21(10-7-18(24)26-21)20(15,2)12-17-22(16,19)25-17/h3,15-17H,4-12H2,1-2H3/t15?,16?,17?,19?,20?,21-,22+/m1/s1. The first-order valence-electron chi connectivity index (χ1n) is 10.5. The molecule has 0 N–H and O–H groups in total. The Morgan fingerprint density at radius 1 is 1.08 bits per heavy atom. The fraction of sp³-hybridized carbons (Fsp3) is 0.818. The monoisotopic (exact) mass is 356 g/mol. The van der Waals surface area contributed by atoms with Gasteiger partial charge in [-0.25, -0.2) is 0 Å². The molecule has 6 aliphatic rings. The molecule has 0 aromatic heterocycles. The minimum atomic E-state index is -0.250. The molecule has 0 radical (unpaired) electrons. The van der Waals surface area contributed by atoms with Crippen LogP contribution in [0.2, 0.25) is 0 Å². The van der Waals surface area contributed by atoms with Crippen molar-refractivity contribution in [1.82, 2.24) is 0 Å². The predicted molar refractivity (Wildman–Crippen MR) is 94.3 cm³/mol. The van der Waals surface area contributed by atoms with Gasteiger partial charge in [0.25, 0.3) is 0 Å². The summed E-state index contributed by atoms with van der Waals surface area (Å²) in [5.41, 5.74) is 1.10. The smallest absolute Gasteiger partial charge is 0.306 e. The first-order chi connectivity index (χ1) is 12.3. The van der Waals surface area contributed by atoms with Gasteiger partial charge in [-0.2, -0.15) is 0 Å². The topological polar surface area (TPSA) is 55.9 Å². The zero-order chi connectivity index (χ0) is 17.9. The molecular weight excluding hydrogens is 328 g/mol. The van der Waals surface area contributed by atoms with Gasteiger partial charge in [-0.3, -0.25) is 9.59 Å². The summed E-state index contributed by atoms with van der Waals surface area (Å²) in [4.78, 5) is 24.0. The Labute approximate surface area is 154 Å². The van der Waals surface area contributed by atoms with Crippen LogP contribution in [-0.4, -0.2) is 29.1 Å². The SMILES string of the molecule is CC12CC3O[C@@]34C(CC=C3CC(=O)CCC34C)C1CC[C@@]21CCC(=O)O1. The third-order valence-electron chi connectivity index (χ3n) is 9.65. The molecule has 3 saturated carbocycles. The van der Waals surface area contributed by atoms with Crippen LogP contribution in [0.15, 0.2) is 11.6 Å². The Bertz CT molecular complexity index is 770. The van der Waals surface area contributed by atoms with Crippen LogP contribution in [0, 0.1) is 22.7 Å². The van der Waals surface area contributed by atoms with E-state index in [1.165, 1.54) is 5.57 Å². The molecule has 4 aliphatic carbocycles. The quantitative estimate of drug-likeness (QED) is 0.377. The van der Waals surface area contributed by atoms with Crippen LogP contribution in [0.5, 0.6) is 0 Å². The summed E-state index contributed by atoms with van der Waals surface area (Å²) in [5, 5.41) is 0. The second kappa shape index (κ2) is 4.45. The third-order valence-corrected chi connectivity index (χ3v) is 9.65. The summed E-state index contributed by atoms with van der Waals surface area (Å²) >= 11 is 0. The largest absolute Gasteiger partial charge is 0.458 e. The number of hydrogen-bond acceptors (Lipinski definition) is 4. The zero-order valence-electron chi connectivity index (χ0n) is 15.8. The molecule has 2 saturated heterocycles. The van der Waals surface area contributed by atoms with Crippen molar-refractivity contribution in [3.05, 3.63) is 11.6 Å². The first kappa shape index (κ1) is 15.9. The van der Waals surface area contributed by atoms with Crippen molar-refractivity contribution in [3.8, 4) is 0 Å². The van der Waals surface area contributed by atoms with E-state index < -0.39 is 0 Å². The summed E-state index contributed by atoms with van der Waals surface area (Å²) in [7, 11) is 0. The van der Waals surface area contributed by atoms with E-state index >= 15 is 0 Å². The molecule has 0 aromatic rings. The van der Waals surface area contributed by atoms with Gasteiger partial charge in [-0.05, 0) is 50.4 Å². The van der Waals surface area contributed by atoms with E-state index in [-0.39, 0.29) is 34.1 Å². The number of esters is 1. The highest BCUT2D eigenvalue weighted by molar-refractivity contribution is 5.83. The lowest BCUT2D eigenvalue weighted by Crippen LogP contribution is -2.59. The fourth-order valence-electron chi connectivity index (χ4n) is 8.21. The number of carbonyl (C=O) groups excluding carboxylic acids is 2. The van der Waals surface area contributed by atoms with Gasteiger partial charge < -0.3 is 9.47 Å². The van der Waals surface area contributed by atoms with Crippen LogP contribution in [0.3, 0.4) is 0 Å². The zero-order valence-corrected chi connectivity index (χ0v) is 15.8.